The summed E-state index contributed by atoms with van der Waals surface area (Å²) in [6, 6.07) is 3.91. The quantitative estimate of drug-likeness (QED) is 0.876. The Hall–Kier alpha value is -0.290. The first kappa shape index (κ1) is 15.8. The number of carbonyl (C=O) groups excluding carboxylic acids is 1. The zero-order valence-electron chi connectivity index (χ0n) is 10.2. The molecule has 0 bridgehead atoms. The molecule has 1 atom stereocenters. The molecule has 2 heterocycles. The summed E-state index contributed by atoms with van der Waals surface area (Å²) in [6.07, 6.45) is 0.860. The van der Waals surface area contributed by atoms with Gasteiger partial charge in [0.05, 0.1) is 4.34 Å². The van der Waals surface area contributed by atoms with Gasteiger partial charge in [-0.05, 0) is 37.6 Å². The molecule has 18 heavy (non-hydrogen) atoms. The van der Waals surface area contributed by atoms with Gasteiger partial charge in [-0.2, -0.15) is 0 Å². The molecule has 1 fully saturated rings. The molecule has 0 saturated carbocycles. The Morgan fingerprint density at radius 3 is 2.83 bits per heavy atom. The Labute approximate surface area is 123 Å². The van der Waals surface area contributed by atoms with Gasteiger partial charge in [0.25, 0.3) is 0 Å². The van der Waals surface area contributed by atoms with Crippen LogP contribution in [-0.2, 0) is 11.2 Å². The topological polar surface area (TPSA) is 41.1 Å². The van der Waals surface area contributed by atoms with E-state index in [2.05, 4.69) is 10.6 Å². The third-order valence-corrected chi connectivity index (χ3v) is 4.52. The van der Waals surface area contributed by atoms with Gasteiger partial charge in [0, 0.05) is 17.3 Å². The monoisotopic (exact) mass is 308 g/mol. The van der Waals surface area contributed by atoms with Crippen LogP contribution in [0.1, 0.15) is 11.8 Å². The number of rotatable bonds is 5. The molecule has 3 nitrogen and oxygen atoms in total. The van der Waals surface area contributed by atoms with Crippen LogP contribution < -0.4 is 10.6 Å². The largest absolute Gasteiger partial charge is 0.355 e. The first-order valence-corrected chi connectivity index (χ1v) is 7.09. The lowest BCUT2D eigenvalue weighted by atomic mass is 9.88. The lowest BCUT2D eigenvalue weighted by molar-refractivity contribution is -0.126. The normalized spacial score (nSPS) is 16.6. The Bertz CT molecular complexity index is 393. The Kier molecular flexibility index (Phi) is 6.43. The molecule has 1 saturated heterocycles. The highest BCUT2D eigenvalue weighted by atomic mass is 35.5. The molecule has 1 amide bonds. The molecule has 0 radical (unpaired) electrons. The van der Waals surface area contributed by atoms with E-state index < -0.39 is 0 Å². The summed E-state index contributed by atoms with van der Waals surface area (Å²) < 4.78 is 0.806. The number of hydrogen-bond acceptors (Lipinski definition) is 3. The SMILES string of the molecule is CC(C(=O)NCCc1ccc(Cl)s1)C1CNC1.Cl. The van der Waals surface area contributed by atoms with Crippen molar-refractivity contribution in [3.8, 4) is 0 Å². The van der Waals surface area contributed by atoms with Crippen molar-refractivity contribution in [1.82, 2.24) is 10.6 Å². The fraction of sp³-hybridized carbons (Fsp3) is 0.583. The van der Waals surface area contributed by atoms with Crippen LogP contribution in [0.5, 0.6) is 0 Å². The lowest BCUT2D eigenvalue weighted by Gasteiger charge is -2.31. The van der Waals surface area contributed by atoms with Gasteiger partial charge in [-0.25, -0.2) is 0 Å². The Morgan fingerprint density at radius 2 is 2.33 bits per heavy atom. The number of halogens is 2. The van der Waals surface area contributed by atoms with Crippen molar-refractivity contribution in [1.29, 1.82) is 0 Å². The third-order valence-electron chi connectivity index (χ3n) is 3.23. The predicted octanol–water partition coefficient (Wildman–Crippen LogP) is 2.34. The third kappa shape index (κ3) is 4.12. The van der Waals surface area contributed by atoms with Gasteiger partial charge in [-0.1, -0.05) is 18.5 Å². The lowest BCUT2D eigenvalue weighted by Crippen LogP contribution is -2.49. The minimum atomic E-state index is 0. The fourth-order valence-corrected chi connectivity index (χ4v) is 2.92. The van der Waals surface area contributed by atoms with Crippen LogP contribution in [0.3, 0.4) is 0 Å². The molecule has 2 rings (SSSR count). The fourth-order valence-electron chi connectivity index (χ4n) is 1.83. The van der Waals surface area contributed by atoms with Crippen molar-refractivity contribution in [2.75, 3.05) is 19.6 Å². The molecule has 1 unspecified atom stereocenters. The van der Waals surface area contributed by atoms with Crippen LogP contribution in [0, 0.1) is 11.8 Å². The molecule has 0 aromatic carbocycles. The Balaban J connectivity index is 0.00000162. The zero-order valence-corrected chi connectivity index (χ0v) is 12.6. The summed E-state index contributed by atoms with van der Waals surface area (Å²) in [5.74, 6) is 0.786. The molecular formula is C12H18Cl2N2OS. The van der Waals surface area contributed by atoms with E-state index in [1.54, 1.807) is 11.3 Å². The smallest absolute Gasteiger partial charge is 0.223 e. The summed E-state index contributed by atoms with van der Waals surface area (Å²) in [7, 11) is 0. The number of carbonyl (C=O) groups is 1. The van der Waals surface area contributed by atoms with E-state index in [0.29, 0.717) is 12.5 Å². The summed E-state index contributed by atoms with van der Waals surface area (Å²) in [6.45, 7) is 4.63. The van der Waals surface area contributed by atoms with Crippen molar-refractivity contribution in [2.24, 2.45) is 11.8 Å². The second kappa shape index (κ2) is 7.34. The Morgan fingerprint density at radius 1 is 1.61 bits per heavy atom. The first-order valence-electron chi connectivity index (χ1n) is 5.89. The van der Waals surface area contributed by atoms with E-state index in [9.17, 15) is 4.79 Å². The van der Waals surface area contributed by atoms with E-state index in [0.717, 1.165) is 23.8 Å². The summed E-state index contributed by atoms with van der Waals surface area (Å²) in [5.41, 5.74) is 0. The second-order valence-corrected chi connectivity index (χ2v) is 6.25. The van der Waals surface area contributed by atoms with Gasteiger partial charge in [-0.15, -0.1) is 23.7 Å². The summed E-state index contributed by atoms with van der Waals surface area (Å²) >= 11 is 7.42. The van der Waals surface area contributed by atoms with Crippen molar-refractivity contribution in [3.05, 3.63) is 21.3 Å². The van der Waals surface area contributed by atoms with Crippen molar-refractivity contribution in [2.45, 2.75) is 13.3 Å². The van der Waals surface area contributed by atoms with Crippen molar-refractivity contribution in [3.63, 3.8) is 0 Å². The highest BCUT2D eigenvalue weighted by Crippen LogP contribution is 2.21. The van der Waals surface area contributed by atoms with E-state index in [-0.39, 0.29) is 24.2 Å². The van der Waals surface area contributed by atoms with Crippen LogP contribution in [0.4, 0.5) is 0 Å². The molecule has 6 heteroatoms. The molecule has 1 aromatic heterocycles. The molecule has 2 N–H and O–H groups in total. The van der Waals surface area contributed by atoms with Gasteiger partial charge < -0.3 is 10.6 Å². The highest BCUT2D eigenvalue weighted by Gasteiger charge is 2.28. The molecule has 1 aliphatic heterocycles. The standard InChI is InChI=1S/C12H17ClN2OS.ClH/c1-8(9-6-14-7-9)12(16)15-5-4-10-2-3-11(13)17-10;/h2-3,8-9,14H,4-7H2,1H3,(H,15,16);1H. The first-order chi connectivity index (χ1) is 8.16. The van der Waals surface area contributed by atoms with Gasteiger partial charge in [0.15, 0.2) is 0 Å². The van der Waals surface area contributed by atoms with Gasteiger partial charge in [0.1, 0.15) is 0 Å². The van der Waals surface area contributed by atoms with Crippen molar-refractivity contribution < 1.29 is 4.79 Å². The predicted molar refractivity (Wildman–Crippen MR) is 78.8 cm³/mol. The van der Waals surface area contributed by atoms with Gasteiger partial charge in [0.2, 0.25) is 5.91 Å². The van der Waals surface area contributed by atoms with E-state index in [1.165, 1.54) is 4.88 Å². The van der Waals surface area contributed by atoms with E-state index in [4.69, 9.17) is 11.6 Å². The van der Waals surface area contributed by atoms with Gasteiger partial charge in [-0.3, -0.25) is 4.79 Å². The number of hydrogen-bond donors (Lipinski definition) is 2. The molecule has 0 aliphatic carbocycles. The molecule has 0 spiro atoms. The molecule has 1 aromatic rings. The number of thiophene rings is 1. The molecular weight excluding hydrogens is 291 g/mol. The molecule has 102 valence electrons. The van der Waals surface area contributed by atoms with Crippen molar-refractivity contribution >= 4 is 41.3 Å². The van der Waals surface area contributed by atoms with Crippen LogP contribution >= 0.6 is 35.3 Å². The van der Waals surface area contributed by atoms with Crippen LogP contribution in [0.2, 0.25) is 4.34 Å². The summed E-state index contributed by atoms with van der Waals surface area (Å²) in [5, 5.41) is 6.17. The van der Waals surface area contributed by atoms with Crippen LogP contribution in [0.15, 0.2) is 12.1 Å². The number of amides is 1. The van der Waals surface area contributed by atoms with Crippen LogP contribution in [-0.4, -0.2) is 25.5 Å². The minimum absolute atomic E-state index is 0. The number of nitrogens with one attached hydrogen (secondary N) is 2. The van der Waals surface area contributed by atoms with Gasteiger partial charge >= 0.3 is 0 Å². The second-order valence-electron chi connectivity index (χ2n) is 4.45. The van der Waals surface area contributed by atoms with E-state index >= 15 is 0 Å². The van der Waals surface area contributed by atoms with Crippen LogP contribution in [0.25, 0.3) is 0 Å². The average molecular weight is 309 g/mol. The maximum Gasteiger partial charge on any atom is 0.223 e. The average Bonchev–Trinajstić information content (AvgIpc) is 2.61. The maximum atomic E-state index is 11.8. The summed E-state index contributed by atoms with van der Waals surface area (Å²) in [4.78, 5) is 13.0. The maximum absolute atomic E-state index is 11.8. The highest BCUT2D eigenvalue weighted by molar-refractivity contribution is 7.16. The minimum Gasteiger partial charge on any atom is -0.355 e. The molecule has 1 aliphatic rings. The van der Waals surface area contributed by atoms with E-state index in [1.807, 2.05) is 19.1 Å². The zero-order chi connectivity index (χ0) is 12.3.